The van der Waals surface area contributed by atoms with Gasteiger partial charge in [0.2, 0.25) is 0 Å². The van der Waals surface area contributed by atoms with Gasteiger partial charge in [-0.2, -0.15) is 0 Å². The molecular weight excluding hydrogens is 416 g/mol. The van der Waals surface area contributed by atoms with Crippen LogP contribution in [0.3, 0.4) is 0 Å². The normalized spacial score (nSPS) is 20.4. The lowest BCUT2D eigenvalue weighted by atomic mass is 9.84. The zero-order valence-electron chi connectivity index (χ0n) is 11.9. The maximum absolute atomic E-state index is 5.36. The Morgan fingerprint density at radius 3 is 2.67 bits per heavy atom. The van der Waals surface area contributed by atoms with Gasteiger partial charge in [-0.25, -0.2) is 0 Å². The maximum Gasteiger partial charge on any atom is 0.161 e. The third kappa shape index (κ3) is 3.42. The summed E-state index contributed by atoms with van der Waals surface area (Å²) in [5.74, 6) is 1.93. The van der Waals surface area contributed by atoms with Crippen LogP contribution >= 0.6 is 43.6 Å². The van der Waals surface area contributed by atoms with Crippen molar-refractivity contribution in [2.45, 2.75) is 37.6 Å². The third-order valence-electron chi connectivity index (χ3n) is 4.08. The van der Waals surface area contributed by atoms with Gasteiger partial charge >= 0.3 is 0 Å². The van der Waals surface area contributed by atoms with Gasteiger partial charge in [-0.1, -0.05) is 31.0 Å². The van der Waals surface area contributed by atoms with E-state index in [0.29, 0.717) is 0 Å². The van der Waals surface area contributed by atoms with E-state index in [1.807, 2.05) is 23.9 Å². The average Bonchev–Trinajstić information content (AvgIpc) is 2.85. The van der Waals surface area contributed by atoms with Crippen molar-refractivity contribution < 1.29 is 4.74 Å². The molecular formula is C15H18Br2N2OS. The van der Waals surface area contributed by atoms with Gasteiger partial charge in [-0.05, 0) is 50.8 Å². The topological polar surface area (TPSA) is 33.6 Å². The van der Waals surface area contributed by atoms with Crippen LogP contribution < -0.4 is 10.1 Å². The maximum atomic E-state index is 5.36. The van der Waals surface area contributed by atoms with Crippen LogP contribution in [-0.2, 0) is 0 Å². The molecule has 1 heterocycles. The Kier molecular flexibility index (Phi) is 4.86. The number of thioether (sulfide) groups is 1. The molecule has 1 fully saturated rings. The molecule has 0 amide bonds. The Balaban J connectivity index is 1.79. The zero-order valence-corrected chi connectivity index (χ0v) is 15.9. The van der Waals surface area contributed by atoms with Gasteiger partial charge in [0.05, 0.1) is 22.8 Å². The fourth-order valence-corrected chi connectivity index (χ4v) is 5.36. The number of nitrogens with one attached hydrogen (secondary N) is 1. The van der Waals surface area contributed by atoms with E-state index in [-0.39, 0.29) is 5.54 Å². The predicted molar refractivity (Wildman–Crippen MR) is 97.7 cm³/mol. The minimum Gasteiger partial charge on any atom is -0.495 e. The number of nitrogens with zero attached hydrogens (tertiary/aromatic N) is 1. The molecule has 6 heteroatoms. The molecule has 0 unspecified atom stereocenters. The van der Waals surface area contributed by atoms with Crippen LogP contribution in [-0.4, -0.2) is 23.6 Å². The highest BCUT2D eigenvalue weighted by molar-refractivity contribution is 9.11. The van der Waals surface area contributed by atoms with Crippen LogP contribution in [0, 0.1) is 0 Å². The first kappa shape index (κ1) is 15.7. The zero-order chi connectivity index (χ0) is 14.9. The monoisotopic (exact) mass is 432 g/mol. The Bertz CT molecular complexity index is 571. The Labute approximate surface area is 146 Å². The van der Waals surface area contributed by atoms with Crippen molar-refractivity contribution in [1.29, 1.82) is 0 Å². The number of hydrogen-bond acceptors (Lipinski definition) is 4. The first-order valence-electron chi connectivity index (χ1n) is 7.15. The minimum absolute atomic E-state index is 0.192. The standard InChI is InChI=1S/C15H18Br2N2OS/c1-20-13-8-12(10(16)7-11(13)17)18-14-19-15(9-21-14)5-3-2-4-6-15/h7-8H,2-6,9H2,1H3,(H,18,19). The molecule has 0 radical (unpaired) electrons. The van der Waals surface area contributed by atoms with Crippen molar-refractivity contribution in [2.24, 2.45) is 4.99 Å². The van der Waals surface area contributed by atoms with E-state index in [1.165, 1.54) is 32.1 Å². The largest absolute Gasteiger partial charge is 0.495 e. The molecule has 0 bridgehead atoms. The number of rotatable bonds is 2. The predicted octanol–water partition coefficient (Wildman–Crippen LogP) is 5.44. The molecule has 2 aliphatic rings. The Morgan fingerprint density at radius 2 is 1.95 bits per heavy atom. The molecule has 1 aliphatic carbocycles. The number of ether oxygens (including phenoxy) is 1. The van der Waals surface area contributed by atoms with E-state index in [0.717, 1.165) is 31.3 Å². The van der Waals surface area contributed by atoms with Crippen molar-refractivity contribution in [3.63, 3.8) is 0 Å². The summed E-state index contributed by atoms with van der Waals surface area (Å²) >= 11 is 8.92. The molecule has 1 aromatic rings. The summed E-state index contributed by atoms with van der Waals surface area (Å²) in [5, 5.41) is 4.48. The van der Waals surface area contributed by atoms with E-state index in [4.69, 9.17) is 9.73 Å². The molecule has 1 aliphatic heterocycles. The number of aliphatic imine (C=N–C) groups is 1. The molecule has 0 atom stereocenters. The van der Waals surface area contributed by atoms with E-state index in [1.54, 1.807) is 7.11 Å². The Morgan fingerprint density at radius 1 is 1.19 bits per heavy atom. The van der Waals surface area contributed by atoms with Crippen LogP contribution in [0.15, 0.2) is 26.1 Å². The summed E-state index contributed by atoms with van der Waals surface area (Å²) in [4.78, 5) is 4.99. The third-order valence-corrected chi connectivity index (χ3v) is 6.51. The quantitative estimate of drug-likeness (QED) is 0.674. The number of halogens is 2. The van der Waals surface area contributed by atoms with Gasteiger partial charge in [0.25, 0.3) is 0 Å². The van der Waals surface area contributed by atoms with Gasteiger partial charge in [0.1, 0.15) is 5.75 Å². The first-order valence-corrected chi connectivity index (χ1v) is 9.72. The summed E-state index contributed by atoms with van der Waals surface area (Å²) in [6, 6.07) is 3.99. The molecule has 1 saturated carbocycles. The van der Waals surface area contributed by atoms with Crippen LogP contribution in [0.1, 0.15) is 32.1 Å². The number of benzene rings is 1. The smallest absolute Gasteiger partial charge is 0.161 e. The fourth-order valence-electron chi connectivity index (χ4n) is 2.91. The summed E-state index contributed by atoms with van der Waals surface area (Å²) in [6.07, 6.45) is 6.45. The van der Waals surface area contributed by atoms with E-state index < -0.39 is 0 Å². The van der Waals surface area contributed by atoms with Crippen LogP contribution in [0.2, 0.25) is 0 Å². The molecule has 1 aromatic carbocycles. The number of hydrogen-bond donors (Lipinski definition) is 1. The molecule has 1 spiro atoms. The molecule has 3 rings (SSSR count). The second-order valence-corrected chi connectivity index (χ2v) is 8.25. The van der Waals surface area contributed by atoms with Gasteiger partial charge in [-0.3, -0.25) is 4.99 Å². The lowest BCUT2D eigenvalue weighted by Gasteiger charge is -2.29. The lowest BCUT2D eigenvalue weighted by Crippen LogP contribution is -2.29. The van der Waals surface area contributed by atoms with Gasteiger partial charge in [-0.15, -0.1) is 0 Å². The molecule has 0 aromatic heterocycles. The lowest BCUT2D eigenvalue weighted by molar-refractivity contribution is 0.335. The Hall–Kier alpha value is -0.200. The number of methoxy groups -OCH3 is 1. The van der Waals surface area contributed by atoms with E-state index >= 15 is 0 Å². The second kappa shape index (κ2) is 6.50. The minimum atomic E-state index is 0.192. The van der Waals surface area contributed by atoms with Crippen LogP contribution in [0.4, 0.5) is 5.69 Å². The highest BCUT2D eigenvalue weighted by Crippen LogP contribution is 2.41. The molecule has 1 N–H and O–H groups in total. The first-order chi connectivity index (χ1) is 10.1. The average molecular weight is 434 g/mol. The summed E-state index contributed by atoms with van der Waals surface area (Å²) < 4.78 is 7.30. The van der Waals surface area contributed by atoms with Gasteiger partial charge in [0.15, 0.2) is 5.17 Å². The molecule has 3 nitrogen and oxygen atoms in total. The van der Waals surface area contributed by atoms with E-state index in [2.05, 4.69) is 37.2 Å². The highest BCUT2D eigenvalue weighted by atomic mass is 79.9. The van der Waals surface area contributed by atoms with E-state index in [9.17, 15) is 0 Å². The second-order valence-electron chi connectivity index (χ2n) is 5.58. The molecule has 21 heavy (non-hydrogen) atoms. The SMILES string of the molecule is COc1cc(NC2=NC3(CCCCC3)CS2)c(Br)cc1Br. The van der Waals surface area contributed by atoms with Gasteiger partial charge < -0.3 is 10.1 Å². The molecule has 0 saturated heterocycles. The summed E-state index contributed by atoms with van der Waals surface area (Å²) in [6.45, 7) is 0. The summed E-state index contributed by atoms with van der Waals surface area (Å²) in [7, 11) is 1.68. The van der Waals surface area contributed by atoms with Gasteiger partial charge in [0, 0.05) is 16.3 Å². The number of amidine groups is 1. The molecule has 114 valence electrons. The summed E-state index contributed by atoms with van der Waals surface area (Å²) in [5.41, 5.74) is 1.19. The van der Waals surface area contributed by atoms with Crippen molar-refractivity contribution in [1.82, 2.24) is 0 Å². The van der Waals surface area contributed by atoms with Crippen molar-refractivity contribution in [3.8, 4) is 5.75 Å². The fraction of sp³-hybridized carbons (Fsp3) is 0.533. The van der Waals surface area contributed by atoms with Crippen molar-refractivity contribution in [2.75, 3.05) is 18.2 Å². The van der Waals surface area contributed by atoms with Crippen molar-refractivity contribution >= 4 is 54.5 Å². The number of anilines is 1. The van der Waals surface area contributed by atoms with Crippen LogP contribution in [0.25, 0.3) is 0 Å². The highest BCUT2D eigenvalue weighted by Gasteiger charge is 2.36. The van der Waals surface area contributed by atoms with Crippen molar-refractivity contribution in [3.05, 3.63) is 21.1 Å². The van der Waals surface area contributed by atoms with Crippen LogP contribution in [0.5, 0.6) is 5.75 Å².